The molecule has 0 saturated heterocycles. The van der Waals surface area contributed by atoms with Gasteiger partial charge in [-0.05, 0) is 86.4 Å². The van der Waals surface area contributed by atoms with Gasteiger partial charge in [-0.15, -0.1) is 0 Å². The topological polar surface area (TPSA) is 27.9 Å². The second-order valence-corrected chi connectivity index (χ2v) is 14.8. The number of hydrogen-bond donors (Lipinski definition) is 0. The first-order chi connectivity index (χ1) is 25.1. The molecule has 2 aliphatic heterocycles. The van der Waals surface area contributed by atoms with Crippen LogP contribution in [0.15, 0.2) is 144 Å². The molecule has 0 amide bonds. The third kappa shape index (κ3) is 5.96. The normalized spacial score (nSPS) is 20.3. The molecule has 2 heterocycles. The Balaban J connectivity index is 1.45. The van der Waals surface area contributed by atoms with Crippen molar-refractivity contribution in [1.29, 1.82) is 0 Å². The van der Waals surface area contributed by atoms with E-state index in [1.165, 1.54) is 50.8 Å². The van der Waals surface area contributed by atoms with Crippen molar-refractivity contribution in [3.05, 3.63) is 155 Å². The number of fused-ring (bicyclic) bond motifs is 2. The summed E-state index contributed by atoms with van der Waals surface area (Å²) < 4.78 is 13.6. The lowest BCUT2D eigenvalue weighted by molar-refractivity contribution is 0.414. The van der Waals surface area contributed by atoms with Gasteiger partial charge < -0.3 is 19.3 Å². The molecule has 5 nitrogen and oxygen atoms in total. The average Bonchev–Trinajstić information content (AvgIpc) is 3.74. The maximum absolute atomic E-state index is 5.59. The number of likely N-dealkylation sites (N-methyl/N-ethyl adjacent to an activating group) is 2. The Kier molecular flexibility index (Phi) is 9.48. The molecule has 1 saturated carbocycles. The van der Waals surface area contributed by atoms with E-state index in [1.54, 1.807) is 14.2 Å². The number of hydrogen-bond acceptors (Lipinski definition) is 4. The highest BCUT2D eigenvalue weighted by Gasteiger charge is 2.41. The Morgan fingerprint density at radius 3 is 1.31 bits per heavy atom. The molecule has 0 unspecified atom stereocenters. The van der Waals surface area contributed by atoms with E-state index in [0.717, 1.165) is 48.8 Å². The zero-order chi connectivity index (χ0) is 36.6. The van der Waals surface area contributed by atoms with Gasteiger partial charge in [0.15, 0.2) is 0 Å². The maximum Gasteiger partial charge on any atom is 0.218 e. The molecule has 5 heteroatoms. The lowest BCUT2D eigenvalue weighted by Crippen LogP contribution is -2.26. The minimum absolute atomic E-state index is 0.107. The van der Waals surface area contributed by atoms with Crippen LogP contribution in [0.3, 0.4) is 0 Å². The molecule has 0 radical (unpaired) electrons. The molecule has 52 heavy (non-hydrogen) atoms. The zero-order valence-corrected chi connectivity index (χ0v) is 32.0. The summed E-state index contributed by atoms with van der Waals surface area (Å²) in [5.74, 6) is 1.67. The van der Waals surface area contributed by atoms with Crippen LogP contribution in [0.1, 0.15) is 65.5 Å². The largest absolute Gasteiger partial charge is 0.497 e. The summed E-state index contributed by atoms with van der Waals surface area (Å²) in [6.45, 7) is 15.7. The third-order valence-corrected chi connectivity index (χ3v) is 11.3. The molecule has 1 aliphatic carbocycles. The zero-order valence-electron chi connectivity index (χ0n) is 32.0. The second kappa shape index (κ2) is 14.0. The van der Waals surface area contributed by atoms with Crippen molar-refractivity contribution in [3.63, 3.8) is 0 Å². The summed E-state index contributed by atoms with van der Waals surface area (Å²) in [4.78, 5) is 4.96. The molecule has 3 aliphatic rings. The van der Waals surface area contributed by atoms with E-state index in [2.05, 4.69) is 153 Å². The Labute approximate surface area is 310 Å². The van der Waals surface area contributed by atoms with Crippen LogP contribution in [0.25, 0.3) is 0 Å². The predicted octanol–water partition coefficient (Wildman–Crippen LogP) is 11.0. The number of nitrogens with zero attached hydrogens (tertiary/aromatic N) is 3. The molecule has 0 spiro atoms. The highest BCUT2D eigenvalue weighted by atomic mass is 16.5. The van der Waals surface area contributed by atoms with Crippen LogP contribution in [-0.2, 0) is 10.8 Å². The Bertz CT molecular complexity index is 1980. The van der Waals surface area contributed by atoms with Gasteiger partial charge in [0, 0.05) is 82.1 Å². The van der Waals surface area contributed by atoms with Crippen LogP contribution in [-0.4, -0.2) is 33.0 Å². The SMILES string of the molecule is CCN1/C(=C/C=C2CC/C(=C\C=C3\N(CC)c4ccccc4C3(C)C)C2=[N+](c2ccc(OC)cc2)c2ccc(OC)cc2)C(C)(C)c2ccccc21. The first-order valence-corrected chi connectivity index (χ1v) is 18.7. The van der Waals surface area contributed by atoms with Gasteiger partial charge in [0.2, 0.25) is 17.1 Å². The molecule has 1 fully saturated rings. The highest BCUT2D eigenvalue weighted by molar-refractivity contribution is 6.17. The Morgan fingerprint density at radius 2 is 0.942 bits per heavy atom. The van der Waals surface area contributed by atoms with Gasteiger partial charge in [0.05, 0.1) is 14.2 Å². The second-order valence-electron chi connectivity index (χ2n) is 14.8. The standard InChI is InChI=1S/C47H52N3O2/c1-9-48-41-17-13-11-15-39(41)46(3,4)43(48)31-21-33-19-20-34(22-32-44-47(5,6)40-16-12-14-18-42(40)49(44)10-2)45(33)50(35-23-27-37(51-7)28-24-35)36-25-29-38(52-8)30-26-36/h11-18,21-32H,9-10,19-20H2,1-8H3/q+1. The fourth-order valence-corrected chi connectivity index (χ4v) is 8.52. The minimum atomic E-state index is -0.107. The number of anilines is 2. The van der Waals surface area contributed by atoms with Crippen LogP contribution >= 0.6 is 0 Å². The predicted molar refractivity (Wildman–Crippen MR) is 219 cm³/mol. The summed E-state index contributed by atoms with van der Waals surface area (Å²) in [5.41, 5.74) is 13.8. The van der Waals surface area contributed by atoms with Crippen molar-refractivity contribution in [2.24, 2.45) is 0 Å². The molecular formula is C47H52N3O2+. The lowest BCUT2D eigenvalue weighted by atomic mass is 9.83. The van der Waals surface area contributed by atoms with Gasteiger partial charge in [0.25, 0.3) is 0 Å². The number of ether oxygens (including phenoxy) is 2. The molecule has 0 aromatic heterocycles. The van der Waals surface area contributed by atoms with Gasteiger partial charge in [0.1, 0.15) is 11.5 Å². The summed E-state index contributed by atoms with van der Waals surface area (Å²) in [6, 6.07) is 34.5. The maximum atomic E-state index is 5.59. The molecule has 4 aromatic carbocycles. The lowest BCUT2D eigenvalue weighted by Gasteiger charge is -2.26. The molecule has 7 rings (SSSR count). The Hall–Kier alpha value is -5.29. The molecule has 0 bridgehead atoms. The van der Waals surface area contributed by atoms with Crippen molar-refractivity contribution in [2.45, 2.75) is 65.2 Å². The van der Waals surface area contributed by atoms with Crippen molar-refractivity contribution >= 4 is 28.5 Å². The summed E-state index contributed by atoms with van der Waals surface area (Å²) in [5, 5.41) is 0. The minimum Gasteiger partial charge on any atom is -0.497 e. The first-order valence-electron chi connectivity index (χ1n) is 18.7. The van der Waals surface area contributed by atoms with E-state index in [-0.39, 0.29) is 10.8 Å². The van der Waals surface area contributed by atoms with Crippen molar-refractivity contribution < 1.29 is 9.47 Å². The average molecular weight is 691 g/mol. The van der Waals surface area contributed by atoms with E-state index in [9.17, 15) is 0 Å². The van der Waals surface area contributed by atoms with Crippen molar-refractivity contribution in [1.82, 2.24) is 4.58 Å². The van der Waals surface area contributed by atoms with Crippen LogP contribution < -0.4 is 23.8 Å². The van der Waals surface area contributed by atoms with Gasteiger partial charge >= 0.3 is 0 Å². The number of allylic oxidation sites excluding steroid dienone is 8. The number of para-hydroxylation sites is 2. The molecule has 0 N–H and O–H groups in total. The van der Waals surface area contributed by atoms with E-state index < -0.39 is 0 Å². The van der Waals surface area contributed by atoms with E-state index in [4.69, 9.17) is 9.47 Å². The van der Waals surface area contributed by atoms with E-state index >= 15 is 0 Å². The summed E-state index contributed by atoms with van der Waals surface area (Å²) in [6.07, 6.45) is 11.4. The number of methoxy groups -OCH3 is 2. The molecule has 0 atom stereocenters. The van der Waals surface area contributed by atoms with Gasteiger partial charge in [-0.1, -0.05) is 76.2 Å². The monoisotopic (exact) mass is 690 g/mol. The van der Waals surface area contributed by atoms with Crippen LogP contribution in [0.5, 0.6) is 11.5 Å². The van der Waals surface area contributed by atoms with Crippen LogP contribution in [0.4, 0.5) is 22.7 Å². The Morgan fingerprint density at radius 1 is 0.558 bits per heavy atom. The fourth-order valence-electron chi connectivity index (χ4n) is 8.52. The van der Waals surface area contributed by atoms with Crippen molar-refractivity contribution in [2.75, 3.05) is 37.1 Å². The van der Waals surface area contributed by atoms with Gasteiger partial charge in [-0.25, -0.2) is 0 Å². The smallest absolute Gasteiger partial charge is 0.218 e. The number of benzene rings is 4. The fraction of sp³-hybridized carbons (Fsp3) is 0.298. The van der Waals surface area contributed by atoms with E-state index in [0.29, 0.717) is 0 Å². The van der Waals surface area contributed by atoms with Crippen molar-refractivity contribution in [3.8, 4) is 11.5 Å². The molecular weight excluding hydrogens is 639 g/mol. The van der Waals surface area contributed by atoms with Gasteiger partial charge in [-0.2, -0.15) is 4.58 Å². The highest BCUT2D eigenvalue weighted by Crippen LogP contribution is 2.49. The number of rotatable bonds is 8. The third-order valence-electron chi connectivity index (χ3n) is 11.3. The van der Waals surface area contributed by atoms with E-state index in [1.807, 2.05) is 24.3 Å². The van der Waals surface area contributed by atoms with Crippen LogP contribution in [0.2, 0.25) is 0 Å². The summed E-state index contributed by atoms with van der Waals surface area (Å²) in [7, 11) is 3.44. The first kappa shape index (κ1) is 35.1. The molecule has 4 aromatic rings. The quantitative estimate of drug-likeness (QED) is 0.172. The van der Waals surface area contributed by atoms with Gasteiger partial charge in [-0.3, -0.25) is 0 Å². The summed E-state index contributed by atoms with van der Waals surface area (Å²) >= 11 is 0. The van der Waals surface area contributed by atoms with Crippen LogP contribution in [0, 0.1) is 0 Å². The molecule has 266 valence electrons.